The molecular formula is C17H18O4. The summed E-state index contributed by atoms with van der Waals surface area (Å²) < 4.78 is 9.86. The molecule has 0 bridgehead atoms. The molecule has 4 nitrogen and oxygen atoms in total. The van der Waals surface area contributed by atoms with Crippen LogP contribution < -0.4 is 0 Å². The molecular weight excluding hydrogens is 268 g/mol. The highest BCUT2D eigenvalue weighted by atomic mass is 16.6. The molecule has 0 saturated heterocycles. The highest BCUT2D eigenvalue weighted by molar-refractivity contribution is 5.88. The summed E-state index contributed by atoms with van der Waals surface area (Å²) in [6.07, 6.45) is 3.58. The quantitative estimate of drug-likeness (QED) is 0.485. The zero-order chi connectivity index (χ0) is 15.7. The molecule has 0 aliphatic rings. The van der Waals surface area contributed by atoms with Gasteiger partial charge in [-0.05, 0) is 31.4 Å². The van der Waals surface area contributed by atoms with Crippen molar-refractivity contribution < 1.29 is 19.1 Å². The van der Waals surface area contributed by atoms with Crippen molar-refractivity contribution in [3.05, 3.63) is 42.0 Å². The molecule has 1 aromatic rings. The Morgan fingerprint density at radius 2 is 1.90 bits per heavy atom. The van der Waals surface area contributed by atoms with E-state index in [0.717, 1.165) is 5.56 Å². The fourth-order valence-electron chi connectivity index (χ4n) is 1.49. The number of hydrogen-bond donors (Lipinski definition) is 0. The molecule has 110 valence electrons. The number of carbonyl (C=O) groups excluding carboxylic acids is 2. The van der Waals surface area contributed by atoms with Crippen LogP contribution in [0.1, 0.15) is 26.3 Å². The minimum atomic E-state index is -1.01. The molecule has 0 spiro atoms. The van der Waals surface area contributed by atoms with Gasteiger partial charge in [-0.3, -0.25) is 4.79 Å². The van der Waals surface area contributed by atoms with Crippen molar-refractivity contribution in [1.82, 2.24) is 0 Å². The third kappa shape index (κ3) is 7.58. The Morgan fingerprint density at radius 3 is 2.52 bits per heavy atom. The molecule has 0 aliphatic heterocycles. The van der Waals surface area contributed by atoms with Crippen LogP contribution in [0.25, 0.3) is 6.08 Å². The molecule has 0 heterocycles. The second-order valence-electron chi connectivity index (χ2n) is 4.77. The minimum Gasteiger partial charge on any atom is -0.452 e. The van der Waals surface area contributed by atoms with Crippen LogP contribution >= 0.6 is 0 Å². The molecule has 21 heavy (non-hydrogen) atoms. The highest BCUT2D eigenvalue weighted by Gasteiger charge is 2.17. The van der Waals surface area contributed by atoms with E-state index in [9.17, 15) is 9.59 Å². The first-order chi connectivity index (χ1) is 9.89. The molecule has 1 rings (SSSR count). The molecule has 0 radical (unpaired) electrons. The first-order valence-electron chi connectivity index (χ1n) is 6.50. The van der Waals surface area contributed by atoms with E-state index in [1.54, 1.807) is 19.9 Å². The van der Waals surface area contributed by atoms with Crippen molar-refractivity contribution in [3.63, 3.8) is 0 Å². The lowest BCUT2D eigenvalue weighted by molar-refractivity contribution is -0.149. The zero-order valence-electron chi connectivity index (χ0n) is 12.4. The summed E-state index contributed by atoms with van der Waals surface area (Å²) in [6, 6.07) is 9.67. The van der Waals surface area contributed by atoms with Crippen LogP contribution in [0.4, 0.5) is 0 Å². The van der Waals surface area contributed by atoms with Crippen molar-refractivity contribution in [1.29, 1.82) is 0 Å². The van der Waals surface area contributed by atoms with Gasteiger partial charge in [-0.15, -0.1) is 0 Å². The Hall–Kier alpha value is -2.54. The molecule has 0 aromatic heterocycles. The average molecular weight is 286 g/mol. The lowest BCUT2D eigenvalue weighted by Crippen LogP contribution is -2.25. The second kappa shape index (κ2) is 7.91. The van der Waals surface area contributed by atoms with Crippen LogP contribution in [-0.2, 0) is 19.1 Å². The summed E-state index contributed by atoms with van der Waals surface area (Å²) in [5.41, 5.74) is 0.0145. The maximum atomic E-state index is 11.4. The molecule has 0 atom stereocenters. The van der Waals surface area contributed by atoms with E-state index in [4.69, 9.17) is 9.47 Å². The largest absolute Gasteiger partial charge is 0.452 e. The number of carbonyl (C=O) groups is 2. The van der Waals surface area contributed by atoms with Crippen LogP contribution in [0.3, 0.4) is 0 Å². The molecule has 1 aromatic carbocycles. The molecule has 0 N–H and O–H groups in total. The van der Waals surface area contributed by atoms with Gasteiger partial charge < -0.3 is 9.47 Å². The number of hydrogen-bond acceptors (Lipinski definition) is 4. The number of rotatable bonds is 4. The maximum Gasteiger partial charge on any atom is 0.384 e. The fraction of sp³-hybridized carbons (Fsp3) is 0.294. The van der Waals surface area contributed by atoms with Crippen molar-refractivity contribution in [2.24, 2.45) is 0 Å². The predicted octanol–water partition coefficient (Wildman–Crippen LogP) is 2.59. The van der Waals surface area contributed by atoms with Gasteiger partial charge in [0, 0.05) is 12.8 Å². The van der Waals surface area contributed by atoms with E-state index in [-0.39, 0.29) is 6.61 Å². The molecule has 4 heteroatoms. The van der Waals surface area contributed by atoms with Crippen LogP contribution in [0, 0.1) is 11.8 Å². The first kappa shape index (κ1) is 16.5. The Balaban J connectivity index is 2.42. The fourth-order valence-corrected chi connectivity index (χ4v) is 1.49. The monoisotopic (exact) mass is 286 g/mol. The van der Waals surface area contributed by atoms with Gasteiger partial charge in [0.15, 0.2) is 5.60 Å². The number of benzene rings is 1. The average Bonchev–Trinajstić information content (AvgIpc) is 2.41. The van der Waals surface area contributed by atoms with Crippen LogP contribution in [-0.4, -0.2) is 24.1 Å². The number of ether oxygens (including phenoxy) is 2. The van der Waals surface area contributed by atoms with Gasteiger partial charge in [0.1, 0.15) is 6.61 Å². The van der Waals surface area contributed by atoms with Crippen LogP contribution in [0.2, 0.25) is 0 Å². The van der Waals surface area contributed by atoms with E-state index >= 15 is 0 Å². The van der Waals surface area contributed by atoms with Crippen molar-refractivity contribution in [3.8, 4) is 11.8 Å². The predicted molar refractivity (Wildman–Crippen MR) is 80.1 cm³/mol. The zero-order valence-corrected chi connectivity index (χ0v) is 12.4. The third-order valence-corrected chi connectivity index (χ3v) is 2.29. The maximum absolute atomic E-state index is 11.4. The van der Waals surface area contributed by atoms with E-state index < -0.39 is 17.5 Å². The van der Waals surface area contributed by atoms with Gasteiger partial charge in [-0.1, -0.05) is 36.4 Å². The Labute approximate surface area is 124 Å². The summed E-state index contributed by atoms with van der Waals surface area (Å²) in [5, 5.41) is 0. The van der Waals surface area contributed by atoms with Gasteiger partial charge in [0.05, 0.1) is 0 Å². The van der Waals surface area contributed by atoms with Crippen LogP contribution in [0.5, 0.6) is 0 Å². The summed E-state index contributed by atoms with van der Waals surface area (Å²) in [6.45, 7) is 4.63. The van der Waals surface area contributed by atoms with Crippen molar-refractivity contribution in [2.45, 2.75) is 26.4 Å². The van der Waals surface area contributed by atoms with Crippen LogP contribution in [0.15, 0.2) is 36.4 Å². The molecule has 0 unspecified atom stereocenters. The van der Waals surface area contributed by atoms with E-state index in [1.807, 2.05) is 36.4 Å². The lowest BCUT2D eigenvalue weighted by atomic mass is 10.1. The Kier molecular flexibility index (Phi) is 6.22. The summed E-state index contributed by atoms with van der Waals surface area (Å²) in [4.78, 5) is 22.3. The standard InChI is InChI=1S/C17H18O4/c1-14(18)21-17(2,3)12-11-16(19)20-13-7-10-15-8-5-4-6-9-15/h4-10H,13H2,1-3H3/b10-7+. The van der Waals surface area contributed by atoms with Gasteiger partial charge in [0.2, 0.25) is 0 Å². The van der Waals surface area contributed by atoms with Gasteiger partial charge in [-0.25, -0.2) is 4.79 Å². The topological polar surface area (TPSA) is 52.6 Å². The van der Waals surface area contributed by atoms with Gasteiger partial charge in [-0.2, -0.15) is 0 Å². The molecule has 0 fully saturated rings. The van der Waals surface area contributed by atoms with E-state index in [0.29, 0.717) is 0 Å². The normalized spacial score (nSPS) is 10.6. The Morgan fingerprint density at radius 1 is 1.24 bits per heavy atom. The van der Waals surface area contributed by atoms with E-state index in [1.165, 1.54) is 6.92 Å². The summed E-state index contributed by atoms with van der Waals surface area (Å²) >= 11 is 0. The first-order valence-corrected chi connectivity index (χ1v) is 6.50. The van der Waals surface area contributed by atoms with E-state index in [2.05, 4.69) is 11.8 Å². The molecule has 0 amide bonds. The molecule has 0 saturated carbocycles. The lowest BCUT2D eigenvalue weighted by Gasteiger charge is -2.16. The minimum absolute atomic E-state index is 0.135. The summed E-state index contributed by atoms with van der Waals surface area (Å²) in [5.74, 6) is 3.75. The van der Waals surface area contributed by atoms with Gasteiger partial charge >= 0.3 is 11.9 Å². The van der Waals surface area contributed by atoms with Crippen molar-refractivity contribution >= 4 is 18.0 Å². The summed E-state index contributed by atoms with van der Waals surface area (Å²) in [7, 11) is 0. The van der Waals surface area contributed by atoms with Gasteiger partial charge in [0.25, 0.3) is 0 Å². The smallest absolute Gasteiger partial charge is 0.384 e. The van der Waals surface area contributed by atoms with Crippen molar-refractivity contribution in [2.75, 3.05) is 6.61 Å². The SMILES string of the molecule is CC(=O)OC(C)(C)C#CC(=O)OC/C=C/c1ccccc1. The highest BCUT2D eigenvalue weighted by Crippen LogP contribution is 2.07. The Bertz CT molecular complexity index is 574. The number of esters is 2. The second-order valence-corrected chi connectivity index (χ2v) is 4.77. The molecule has 0 aliphatic carbocycles. The third-order valence-electron chi connectivity index (χ3n) is 2.29.